The smallest absolute Gasteiger partial charge is 0.313 e. The van der Waals surface area contributed by atoms with Gasteiger partial charge in [-0.25, -0.2) is 0 Å². The molecule has 0 aromatic heterocycles. The van der Waals surface area contributed by atoms with Crippen molar-refractivity contribution in [2.45, 2.75) is 18.4 Å². The van der Waals surface area contributed by atoms with E-state index < -0.39 is 18.0 Å². The van der Waals surface area contributed by atoms with Gasteiger partial charge in [0.05, 0.1) is 6.10 Å². The quantitative estimate of drug-likeness (QED) is 0.885. The van der Waals surface area contributed by atoms with Gasteiger partial charge in [0.1, 0.15) is 5.92 Å². The molecule has 0 amide bonds. The number of carbonyl (C=O) groups is 1. The number of ether oxygens (including phenoxy) is 2. The number of hydrogen-bond donors (Lipinski definition) is 2. The predicted octanol–water partition coefficient (Wildman–Crippen LogP) is 2.19. The maximum atomic E-state index is 11.6. The fourth-order valence-electron chi connectivity index (χ4n) is 2.61. The lowest BCUT2D eigenvalue weighted by molar-refractivity contribution is -0.141. The summed E-state index contributed by atoms with van der Waals surface area (Å²) >= 11 is 0. The van der Waals surface area contributed by atoms with Gasteiger partial charge in [0, 0.05) is 0 Å². The molecule has 0 fully saturated rings. The van der Waals surface area contributed by atoms with Crippen LogP contribution in [0.4, 0.5) is 0 Å². The summed E-state index contributed by atoms with van der Waals surface area (Å²) in [6.07, 6.45) is -0.757. The maximum Gasteiger partial charge on any atom is 0.313 e. The van der Waals surface area contributed by atoms with Crippen molar-refractivity contribution in [3.8, 4) is 11.5 Å². The summed E-state index contributed by atoms with van der Waals surface area (Å²) < 4.78 is 10.5. The Kier molecular flexibility index (Phi) is 3.98. The van der Waals surface area contributed by atoms with E-state index in [2.05, 4.69) is 0 Å². The van der Waals surface area contributed by atoms with Crippen molar-refractivity contribution in [3.63, 3.8) is 0 Å². The highest BCUT2D eigenvalue weighted by molar-refractivity contribution is 5.77. The van der Waals surface area contributed by atoms with Crippen molar-refractivity contribution in [1.82, 2.24) is 0 Å². The zero-order valence-electron chi connectivity index (χ0n) is 11.8. The SMILES string of the molecule is O=C(O)C(c1ccc2c(c1)OCO2)C(O)Cc1ccccc1. The number of carboxylic acids is 1. The van der Waals surface area contributed by atoms with E-state index in [1.807, 2.05) is 30.3 Å². The lowest BCUT2D eigenvalue weighted by Gasteiger charge is -2.20. The number of fused-ring (bicyclic) bond motifs is 1. The van der Waals surface area contributed by atoms with Gasteiger partial charge in [-0.15, -0.1) is 0 Å². The number of aliphatic hydroxyl groups excluding tert-OH is 1. The Balaban J connectivity index is 1.84. The van der Waals surface area contributed by atoms with E-state index in [0.29, 0.717) is 17.1 Å². The highest BCUT2D eigenvalue weighted by Gasteiger charge is 2.30. The highest BCUT2D eigenvalue weighted by Crippen LogP contribution is 2.35. The van der Waals surface area contributed by atoms with Crippen molar-refractivity contribution >= 4 is 5.97 Å². The topological polar surface area (TPSA) is 76.0 Å². The summed E-state index contributed by atoms with van der Waals surface area (Å²) in [6.45, 7) is 0.128. The molecule has 1 aliphatic rings. The Labute approximate surface area is 127 Å². The number of rotatable bonds is 5. The average Bonchev–Trinajstić information content (AvgIpc) is 2.95. The first kappa shape index (κ1) is 14.4. The van der Waals surface area contributed by atoms with Gasteiger partial charge >= 0.3 is 5.97 Å². The average molecular weight is 300 g/mol. The summed E-state index contributed by atoms with van der Waals surface area (Å²) in [5.74, 6) is -0.988. The molecule has 5 nitrogen and oxygen atoms in total. The fourth-order valence-corrected chi connectivity index (χ4v) is 2.61. The van der Waals surface area contributed by atoms with E-state index in [1.54, 1.807) is 18.2 Å². The number of carboxylic acid groups (broad SMARTS) is 1. The van der Waals surface area contributed by atoms with Crippen LogP contribution >= 0.6 is 0 Å². The van der Waals surface area contributed by atoms with Gasteiger partial charge in [-0.05, 0) is 29.7 Å². The van der Waals surface area contributed by atoms with Crippen LogP contribution in [0.5, 0.6) is 11.5 Å². The lowest BCUT2D eigenvalue weighted by atomic mass is 9.89. The van der Waals surface area contributed by atoms with Crippen molar-refractivity contribution in [1.29, 1.82) is 0 Å². The third-order valence-electron chi connectivity index (χ3n) is 3.69. The molecular formula is C17H16O5. The molecule has 22 heavy (non-hydrogen) atoms. The second-order valence-corrected chi connectivity index (χ2v) is 5.19. The van der Waals surface area contributed by atoms with Gasteiger partial charge in [-0.1, -0.05) is 36.4 Å². The minimum Gasteiger partial charge on any atom is -0.481 e. The minimum atomic E-state index is -1.07. The third-order valence-corrected chi connectivity index (χ3v) is 3.69. The van der Waals surface area contributed by atoms with Crippen LogP contribution in [0.2, 0.25) is 0 Å². The van der Waals surface area contributed by atoms with Gasteiger partial charge in [-0.2, -0.15) is 0 Å². The lowest BCUT2D eigenvalue weighted by Crippen LogP contribution is -2.28. The molecule has 2 atom stereocenters. The van der Waals surface area contributed by atoms with E-state index in [4.69, 9.17) is 9.47 Å². The molecule has 5 heteroatoms. The van der Waals surface area contributed by atoms with Gasteiger partial charge in [-0.3, -0.25) is 4.79 Å². The summed E-state index contributed by atoms with van der Waals surface area (Å²) in [4.78, 5) is 11.6. The Hall–Kier alpha value is -2.53. The van der Waals surface area contributed by atoms with E-state index >= 15 is 0 Å². The summed E-state index contributed by atoms with van der Waals surface area (Å²) in [5, 5.41) is 19.9. The number of aliphatic carboxylic acids is 1. The van der Waals surface area contributed by atoms with Crippen LogP contribution in [-0.2, 0) is 11.2 Å². The van der Waals surface area contributed by atoms with Gasteiger partial charge in [0.15, 0.2) is 11.5 Å². The maximum absolute atomic E-state index is 11.6. The molecule has 114 valence electrons. The highest BCUT2D eigenvalue weighted by atomic mass is 16.7. The van der Waals surface area contributed by atoms with Gasteiger partial charge in [0.2, 0.25) is 6.79 Å². The molecular weight excluding hydrogens is 284 g/mol. The summed E-state index contributed by atoms with van der Waals surface area (Å²) in [5.41, 5.74) is 1.39. The number of hydrogen-bond acceptors (Lipinski definition) is 4. The van der Waals surface area contributed by atoms with Crippen molar-refractivity contribution in [2.75, 3.05) is 6.79 Å². The molecule has 3 rings (SSSR count). The predicted molar refractivity (Wildman–Crippen MR) is 79.1 cm³/mol. The van der Waals surface area contributed by atoms with E-state index in [9.17, 15) is 15.0 Å². The first-order valence-electron chi connectivity index (χ1n) is 6.99. The van der Waals surface area contributed by atoms with Crippen molar-refractivity contribution in [2.24, 2.45) is 0 Å². The molecule has 2 aromatic carbocycles. The van der Waals surface area contributed by atoms with Crippen molar-refractivity contribution in [3.05, 3.63) is 59.7 Å². The molecule has 0 saturated carbocycles. The monoisotopic (exact) mass is 300 g/mol. The molecule has 2 unspecified atom stereocenters. The Bertz CT molecular complexity index is 668. The van der Waals surface area contributed by atoms with Crippen molar-refractivity contribution < 1.29 is 24.5 Å². The number of benzene rings is 2. The molecule has 1 heterocycles. The van der Waals surface area contributed by atoms with Gasteiger partial charge in [0.25, 0.3) is 0 Å². The van der Waals surface area contributed by atoms with Crippen LogP contribution in [0, 0.1) is 0 Å². The minimum absolute atomic E-state index is 0.128. The van der Waals surface area contributed by atoms with E-state index in [0.717, 1.165) is 5.56 Å². The molecule has 0 saturated heterocycles. The van der Waals surface area contributed by atoms with Crippen LogP contribution < -0.4 is 9.47 Å². The Morgan fingerprint density at radius 3 is 2.55 bits per heavy atom. The first-order chi connectivity index (χ1) is 10.6. The third kappa shape index (κ3) is 2.89. The molecule has 1 aliphatic heterocycles. The van der Waals surface area contributed by atoms with Crippen LogP contribution in [-0.4, -0.2) is 29.1 Å². The normalized spacial score (nSPS) is 15.3. The van der Waals surface area contributed by atoms with Crippen LogP contribution in [0.15, 0.2) is 48.5 Å². The standard InChI is InChI=1S/C17H16O5/c18-13(8-11-4-2-1-3-5-11)16(17(19)20)12-6-7-14-15(9-12)22-10-21-14/h1-7,9,13,16,18H,8,10H2,(H,19,20). The second-order valence-electron chi connectivity index (χ2n) is 5.19. The summed E-state index contributed by atoms with van der Waals surface area (Å²) in [7, 11) is 0. The molecule has 2 aromatic rings. The second kappa shape index (κ2) is 6.07. The van der Waals surface area contributed by atoms with E-state index in [1.165, 1.54) is 0 Å². The molecule has 0 aliphatic carbocycles. The molecule has 0 bridgehead atoms. The van der Waals surface area contributed by atoms with E-state index in [-0.39, 0.29) is 13.2 Å². The first-order valence-corrected chi connectivity index (χ1v) is 6.99. The Morgan fingerprint density at radius 2 is 1.82 bits per heavy atom. The Morgan fingerprint density at radius 1 is 1.09 bits per heavy atom. The van der Waals surface area contributed by atoms with Gasteiger partial charge < -0.3 is 19.7 Å². The molecule has 0 radical (unpaired) electrons. The van der Waals surface area contributed by atoms with Crippen LogP contribution in [0.1, 0.15) is 17.0 Å². The van der Waals surface area contributed by atoms with Crippen LogP contribution in [0.3, 0.4) is 0 Å². The molecule has 2 N–H and O–H groups in total. The zero-order chi connectivity index (χ0) is 15.5. The van der Waals surface area contributed by atoms with Crippen LogP contribution in [0.25, 0.3) is 0 Å². The largest absolute Gasteiger partial charge is 0.481 e. The summed E-state index contributed by atoms with van der Waals surface area (Å²) in [6, 6.07) is 14.3. The molecule has 0 spiro atoms. The number of aliphatic hydroxyl groups is 1. The zero-order valence-corrected chi connectivity index (χ0v) is 11.8. The fraction of sp³-hybridized carbons (Fsp3) is 0.235.